The van der Waals surface area contributed by atoms with Gasteiger partial charge in [-0.1, -0.05) is 36.5 Å². The lowest BCUT2D eigenvalue weighted by atomic mass is 10.2. The van der Waals surface area contributed by atoms with Gasteiger partial charge in [0.1, 0.15) is 6.42 Å². The topological polar surface area (TPSA) is 75.7 Å². The second kappa shape index (κ2) is 15.2. The molecule has 0 aliphatic rings. The van der Waals surface area contributed by atoms with Crippen molar-refractivity contribution in [1.82, 2.24) is 0 Å². The van der Waals surface area contributed by atoms with Gasteiger partial charge in [0, 0.05) is 47.2 Å². The summed E-state index contributed by atoms with van der Waals surface area (Å²) in [5, 5.41) is 1.09. The smallest absolute Gasteiger partial charge is 0.439 e. The number of hydrogen-bond acceptors (Lipinski definition) is 7. The normalized spacial score (nSPS) is 15.6. The highest BCUT2D eigenvalue weighted by atomic mass is 28.5. The van der Waals surface area contributed by atoms with Crippen molar-refractivity contribution in [1.29, 1.82) is 0 Å². The van der Waals surface area contributed by atoms with E-state index >= 15 is 0 Å². The second-order valence-corrected chi connectivity index (χ2v) is 29.5. The Balaban J connectivity index is 2.85. The number of anilines is 1. The Morgan fingerprint density at radius 2 is 1.45 bits per heavy atom. The maximum absolute atomic E-state index is 12.7. The number of hydrogen-bond donors (Lipinski definition) is 0. The molecule has 1 amide bonds. The fraction of sp³-hybridized carbons (Fsp3) is 0.708. The van der Waals surface area contributed by atoms with Crippen molar-refractivity contribution in [3.63, 3.8) is 0 Å². The molecule has 0 saturated heterocycles. The number of amides is 1. The van der Waals surface area contributed by atoms with Crippen LogP contribution in [0.3, 0.4) is 0 Å². The van der Waals surface area contributed by atoms with Crippen molar-refractivity contribution in [2.45, 2.75) is 76.1 Å². The molecule has 1 aromatic carbocycles. The number of carbonyl (C=O) groups is 1. The van der Waals surface area contributed by atoms with Gasteiger partial charge in [-0.3, -0.25) is 4.79 Å². The van der Waals surface area contributed by atoms with Crippen LogP contribution in [0.15, 0.2) is 24.3 Å². The zero-order valence-corrected chi connectivity index (χ0v) is 31.0. The van der Waals surface area contributed by atoms with Crippen LogP contribution in [0.5, 0.6) is 0 Å². The molecule has 232 valence electrons. The van der Waals surface area contributed by atoms with Crippen LogP contribution in [-0.2, 0) is 30.7 Å². The Labute approximate surface area is 244 Å². The summed E-state index contributed by atoms with van der Waals surface area (Å²) in [7, 11) is -3.56. The van der Waals surface area contributed by atoms with Gasteiger partial charge in [0.15, 0.2) is 8.32 Å². The third kappa shape index (κ3) is 11.9. The minimum absolute atomic E-state index is 0.473. The minimum atomic E-state index is -4.54. The number of alkyl halides is 3. The van der Waals surface area contributed by atoms with Crippen molar-refractivity contribution in [3.8, 4) is 0 Å². The summed E-state index contributed by atoms with van der Waals surface area (Å²) >= 11 is 0. The maximum Gasteiger partial charge on any atom is 0.500 e. The van der Waals surface area contributed by atoms with Crippen LogP contribution in [0.25, 0.3) is 0 Å². The fourth-order valence-electron chi connectivity index (χ4n) is 4.36. The van der Waals surface area contributed by atoms with Gasteiger partial charge in [-0.05, 0) is 50.4 Å². The summed E-state index contributed by atoms with van der Waals surface area (Å²) in [6.45, 7) is 12.9. The highest BCUT2D eigenvalue weighted by molar-refractivity contribution is 6.91. The zero-order valence-electron chi connectivity index (χ0n) is 25.9. The molecule has 0 heterocycles. The van der Waals surface area contributed by atoms with E-state index < -0.39 is 61.5 Å². The van der Waals surface area contributed by atoms with Crippen LogP contribution < -0.4 is 10.1 Å². The van der Waals surface area contributed by atoms with Crippen LogP contribution in [-0.4, -0.2) is 90.6 Å². The van der Waals surface area contributed by atoms with Gasteiger partial charge in [0.05, 0.1) is 8.07 Å². The number of carbonyl (C=O) groups excluding carboxylic acids is 1. The van der Waals surface area contributed by atoms with Crippen LogP contribution in [0, 0.1) is 0 Å². The van der Waals surface area contributed by atoms with E-state index in [1.165, 1.54) is 7.05 Å². The predicted molar refractivity (Wildman–Crippen MR) is 165 cm³/mol. The van der Waals surface area contributed by atoms with Gasteiger partial charge in [-0.15, -0.1) is 0 Å². The number of nitrogens with zero attached hydrogens (tertiary/aromatic N) is 1. The quantitative estimate of drug-likeness (QED) is 0.213. The second-order valence-electron chi connectivity index (χ2n) is 11.4. The molecule has 0 spiro atoms. The van der Waals surface area contributed by atoms with Crippen molar-refractivity contribution < 1.29 is 43.9 Å². The van der Waals surface area contributed by atoms with Crippen LogP contribution >= 0.6 is 0 Å². The third-order valence-electron chi connectivity index (χ3n) is 7.24. The van der Waals surface area contributed by atoms with Gasteiger partial charge in [0.2, 0.25) is 5.91 Å². The number of halogens is 3. The van der Waals surface area contributed by atoms with Gasteiger partial charge < -0.3 is 30.8 Å². The zero-order chi connectivity index (χ0) is 31.0. The fourth-order valence-corrected chi connectivity index (χ4v) is 23.4. The lowest BCUT2D eigenvalue weighted by molar-refractivity contribution is -0.151. The SMILES string of the molecule is CO[Si](C)(CC[Si](OC)(OC)OC)O[SiH](C)O[Si](C)(C)CC[Si](C)(C)c1cccc(N(C)C(=O)CC(F)(F)F)c1. The maximum atomic E-state index is 12.7. The van der Waals surface area contributed by atoms with E-state index in [1.54, 1.807) is 34.5 Å². The first-order valence-corrected chi connectivity index (χ1v) is 26.1. The van der Waals surface area contributed by atoms with Gasteiger partial charge in [-0.2, -0.15) is 13.2 Å². The molecule has 1 rings (SSSR count). The molecule has 0 fully saturated rings. The first-order valence-electron chi connectivity index (χ1n) is 13.3. The molecule has 0 N–H and O–H groups in total. The molecule has 0 saturated carbocycles. The van der Waals surface area contributed by atoms with Crippen LogP contribution in [0.4, 0.5) is 18.9 Å². The van der Waals surface area contributed by atoms with Crippen molar-refractivity contribution >= 4 is 59.8 Å². The molecule has 2 atom stereocenters. The first-order chi connectivity index (χ1) is 18.3. The Hall–Kier alpha value is -0.676. The predicted octanol–water partition coefficient (Wildman–Crippen LogP) is 5.20. The van der Waals surface area contributed by atoms with E-state index in [1.807, 2.05) is 31.3 Å². The van der Waals surface area contributed by atoms with E-state index in [0.717, 1.165) is 22.2 Å². The summed E-state index contributed by atoms with van der Waals surface area (Å²) in [6, 6.07) is 10.4. The average Bonchev–Trinajstić information content (AvgIpc) is 2.87. The number of rotatable bonds is 17. The Bertz CT molecular complexity index is 945. The summed E-state index contributed by atoms with van der Waals surface area (Å²) in [6.07, 6.45) is -6.01. The van der Waals surface area contributed by atoms with Gasteiger partial charge in [0.25, 0.3) is 9.28 Å². The molecule has 0 aliphatic heterocycles. The van der Waals surface area contributed by atoms with E-state index in [4.69, 9.17) is 25.9 Å². The molecule has 0 radical (unpaired) electrons. The Kier molecular flexibility index (Phi) is 14.2. The van der Waals surface area contributed by atoms with Gasteiger partial charge >= 0.3 is 23.5 Å². The first kappa shape index (κ1) is 37.3. The highest BCUT2D eigenvalue weighted by Gasteiger charge is 2.44. The monoisotopic (exact) mass is 659 g/mol. The molecule has 1 aromatic rings. The van der Waals surface area contributed by atoms with E-state index in [2.05, 4.69) is 26.2 Å². The molecular formula is C24H48F3NO7Si5. The largest absolute Gasteiger partial charge is 0.500 e. The molecule has 8 nitrogen and oxygen atoms in total. The standard InChI is InChI=1S/C24H48F3NO7Si5/c1-28(23(29)20-24(25,26)27)21-13-12-14-22(19-21)37(7,8)15-16-38(9,10)34-36(6)35-39(11,30-2)17-18-40(31-3,32-4)33-5/h12-14,19,36H,15-18,20H2,1-11H3. The van der Waals surface area contributed by atoms with Crippen molar-refractivity contribution in [2.75, 3.05) is 40.4 Å². The summed E-state index contributed by atoms with van der Waals surface area (Å²) in [5.74, 6) is -0.976. The highest BCUT2D eigenvalue weighted by Crippen LogP contribution is 2.28. The molecule has 0 aromatic heterocycles. The Morgan fingerprint density at radius 1 is 0.875 bits per heavy atom. The molecule has 2 unspecified atom stereocenters. The lowest BCUT2D eigenvalue weighted by Crippen LogP contribution is -2.50. The van der Waals surface area contributed by atoms with E-state index in [9.17, 15) is 18.0 Å². The molecule has 0 aliphatic carbocycles. The third-order valence-corrected chi connectivity index (χ3v) is 25.0. The van der Waals surface area contributed by atoms with Crippen molar-refractivity contribution in [2.24, 2.45) is 0 Å². The lowest BCUT2D eigenvalue weighted by Gasteiger charge is -2.35. The van der Waals surface area contributed by atoms with E-state index in [-0.39, 0.29) is 0 Å². The Morgan fingerprint density at radius 3 is 1.95 bits per heavy atom. The molecular weight excluding hydrogens is 612 g/mol. The molecule has 0 bridgehead atoms. The number of benzene rings is 1. The van der Waals surface area contributed by atoms with Crippen LogP contribution in [0.1, 0.15) is 6.42 Å². The minimum Gasteiger partial charge on any atom is -0.439 e. The molecule has 40 heavy (non-hydrogen) atoms. The van der Waals surface area contributed by atoms with Crippen molar-refractivity contribution in [3.05, 3.63) is 24.3 Å². The van der Waals surface area contributed by atoms with E-state index in [0.29, 0.717) is 17.8 Å². The van der Waals surface area contributed by atoms with Gasteiger partial charge in [-0.25, -0.2) is 0 Å². The average molecular weight is 660 g/mol. The summed E-state index contributed by atoms with van der Waals surface area (Å²) < 4.78 is 73.7. The summed E-state index contributed by atoms with van der Waals surface area (Å²) in [5.41, 5.74) is 0.473. The molecule has 16 heteroatoms. The summed E-state index contributed by atoms with van der Waals surface area (Å²) in [4.78, 5) is 13.2. The van der Waals surface area contributed by atoms with Crippen LogP contribution in [0.2, 0.25) is 63.5 Å².